The van der Waals surface area contributed by atoms with Gasteiger partial charge in [-0.2, -0.15) is 5.26 Å². The zero-order valence-corrected chi connectivity index (χ0v) is 11.7. The summed E-state index contributed by atoms with van der Waals surface area (Å²) in [6, 6.07) is 6.39. The van der Waals surface area contributed by atoms with E-state index < -0.39 is 0 Å². The molecule has 96 valence electrons. The van der Waals surface area contributed by atoms with E-state index in [1.165, 1.54) is 0 Å². The molecule has 1 aliphatic rings. The smallest absolute Gasteiger partial charge is 0.125 e. The summed E-state index contributed by atoms with van der Waals surface area (Å²) >= 11 is 5.85. The van der Waals surface area contributed by atoms with Crippen molar-refractivity contribution in [3.05, 3.63) is 28.8 Å². The molecule has 1 fully saturated rings. The number of ether oxygens (including phenoxy) is 1. The number of hydrogen-bond donors (Lipinski definition) is 0. The van der Waals surface area contributed by atoms with Crippen LogP contribution >= 0.6 is 11.6 Å². The van der Waals surface area contributed by atoms with E-state index >= 15 is 0 Å². The molecule has 0 saturated heterocycles. The maximum atomic E-state index is 8.80. The van der Waals surface area contributed by atoms with Crippen molar-refractivity contribution < 1.29 is 4.74 Å². The van der Waals surface area contributed by atoms with Crippen molar-refractivity contribution in [2.75, 3.05) is 6.61 Å². The van der Waals surface area contributed by atoms with Crippen molar-refractivity contribution in [2.24, 2.45) is 5.41 Å². The van der Waals surface area contributed by atoms with Gasteiger partial charge in [-0.3, -0.25) is 0 Å². The van der Waals surface area contributed by atoms with Crippen LogP contribution in [0.2, 0.25) is 0 Å². The number of aryl methyl sites for hydroxylation is 2. The number of halogens is 1. The van der Waals surface area contributed by atoms with Crippen LogP contribution in [0.4, 0.5) is 0 Å². The zero-order chi connectivity index (χ0) is 13.2. The molecule has 3 heteroatoms. The van der Waals surface area contributed by atoms with Crippen LogP contribution in [0.3, 0.4) is 0 Å². The highest BCUT2D eigenvalue weighted by atomic mass is 35.5. The maximum Gasteiger partial charge on any atom is 0.125 e. The van der Waals surface area contributed by atoms with E-state index in [0.29, 0.717) is 18.9 Å². The Hall–Kier alpha value is -1.20. The average Bonchev–Trinajstić information content (AvgIpc) is 3.08. The topological polar surface area (TPSA) is 33.0 Å². The molecule has 0 bridgehead atoms. The van der Waals surface area contributed by atoms with Crippen LogP contribution in [0, 0.1) is 30.6 Å². The van der Waals surface area contributed by atoms with Crippen molar-refractivity contribution in [2.45, 2.75) is 39.0 Å². The molecule has 0 aromatic heterocycles. The van der Waals surface area contributed by atoms with Crippen LogP contribution < -0.4 is 4.74 Å². The van der Waals surface area contributed by atoms with Crippen molar-refractivity contribution in [3.8, 4) is 11.8 Å². The summed E-state index contributed by atoms with van der Waals surface area (Å²) in [6.07, 6.45) is 2.82. The van der Waals surface area contributed by atoms with Gasteiger partial charge >= 0.3 is 0 Å². The number of nitriles is 1. The lowest BCUT2D eigenvalue weighted by molar-refractivity contribution is 0.234. The Labute approximate surface area is 114 Å². The molecule has 0 radical (unpaired) electrons. The van der Waals surface area contributed by atoms with Gasteiger partial charge in [0.05, 0.1) is 12.7 Å². The second-order valence-corrected chi connectivity index (χ2v) is 5.58. The first-order chi connectivity index (χ1) is 8.60. The molecule has 1 saturated carbocycles. The maximum absolute atomic E-state index is 8.80. The van der Waals surface area contributed by atoms with E-state index in [4.69, 9.17) is 21.6 Å². The summed E-state index contributed by atoms with van der Waals surface area (Å²) in [5.74, 6) is 1.48. The van der Waals surface area contributed by atoms with Gasteiger partial charge in [0.1, 0.15) is 5.75 Å². The fourth-order valence-electron chi connectivity index (χ4n) is 2.29. The predicted octanol–water partition coefficient (Wildman–Crippen LogP) is 4.11. The van der Waals surface area contributed by atoms with Crippen molar-refractivity contribution in [1.29, 1.82) is 5.26 Å². The van der Waals surface area contributed by atoms with E-state index in [0.717, 1.165) is 35.3 Å². The van der Waals surface area contributed by atoms with E-state index in [2.05, 4.69) is 18.2 Å². The fourth-order valence-corrected chi connectivity index (χ4v) is 2.44. The van der Waals surface area contributed by atoms with Gasteiger partial charge in [-0.05, 0) is 43.4 Å². The van der Waals surface area contributed by atoms with Gasteiger partial charge in [-0.25, -0.2) is 0 Å². The van der Waals surface area contributed by atoms with Gasteiger partial charge in [0, 0.05) is 17.7 Å². The Morgan fingerprint density at radius 1 is 1.33 bits per heavy atom. The first-order valence-electron chi connectivity index (χ1n) is 6.26. The molecule has 0 atom stereocenters. The summed E-state index contributed by atoms with van der Waals surface area (Å²) in [5.41, 5.74) is 3.49. The second kappa shape index (κ2) is 5.20. The molecule has 0 unspecified atom stereocenters. The zero-order valence-electron chi connectivity index (χ0n) is 10.9. The third kappa shape index (κ3) is 2.79. The van der Waals surface area contributed by atoms with Crippen molar-refractivity contribution >= 4 is 11.6 Å². The lowest BCUT2D eigenvalue weighted by Crippen LogP contribution is -2.13. The standard InChI is InChI=1S/C15H18ClNO/c1-11-7-13(9-16)8-12(2)14(11)18-10-15(3-4-15)5-6-17/h7-8H,3-5,9-10H2,1-2H3. The minimum Gasteiger partial charge on any atom is -0.492 e. The predicted molar refractivity (Wildman–Crippen MR) is 72.9 cm³/mol. The average molecular weight is 264 g/mol. The fraction of sp³-hybridized carbons (Fsp3) is 0.533. The Balaban J connectivity index is 2.08. The van der Waals surface area contributed by atoms with Gasteiger partial charge in [0.2, 0.25) is 0 Å². The molecule has 2 rings (SSSR count). The molecule has 0 N–H and O–H groups in total. The van der Waals surface area contributed by atoms with Crippen LogP contribution in [0.5, 0.6) is 5.75 Å². The Kier molecular flexibility index (Phi) is 3.82. The lowest BCUT2D eigenvalue weighted by Gasteiger charge is -2.17. The lowest BCUT2D eigenvalue weighted by atomic mass is 10.0. The van der Waals surface area contributed by atoms with E-state index in [1.54, 1.807) is 0 Å². The number of alkyl halides is 1. The largest absolute Gasteiger partial charge is 0.492 e. The summed E-state index contributed by atoms with van der Waals surface area (Å²) in [6.45, 7) is 4.74. The minimum absolute atomic E-state index is 0.124. The van der Waals surface area contributed by atoms with E-state index in [1.807, 2.05) is 13.8 Å². The monoisotopic (exact) mass is 263 g/mol. The minimum atomic E-state index is 0.124. The van der Waals surface area contributed by atoms with Crippen LogP contribution in [-0.2, 0) is 5.88 Å². The number of rotatable bonds is 5. The molecule has 0 amide bonds. The van der Waals surface area contributed by atoms with Crippen LogP contribution in [0.25, 0.3) is 0 Å². The molecule has 0 spiro atoms. The third-order valence-electron chi connectivity index (χ3n) is 3.61. The number of benzene rings is 1. The first-order valence-corrected chi connectivity index (χ1v) is 6.79. The Bertz CT molecular complexity index is 463. The second-order valence-electron chi connectivity index (χ2n) is 5.32. The summed E-state index contributed by atoms with van der Waals surface area (Å²) < 4.78 is 5.95. The quantitative estimate of drug-likeness (QED) is 0.749. The highest BCUT2D eigenvalue weighted by Gasteiger charge is 2.43. The molecule has 0 heterocycles. The van der Waals surface area contributed by atoms with Crippen LogP contribution in [0.1, 0.15) is 36.0 Å². The number of hydrogen-bond acceptors (Lipinski definition) is 2. The molecule has 1 aromatic carbocycles. The van der Waals surface area contributed by atoms with E-state index in [-0.39, 0.29) is 5.41 Å². The first kappa shape index (κ1) is 13.2. The van der Waals surface area contributed by atoms with Gasteiger partial charge < -0.3 is 4.74 Å². The van der Waals surface area contributed by atoms with Gasteiger partial charge in [0.15, 0.2) is 0 Å². The Morgan fingerprint density at radius 3 is 2.39 bits per heavy atom. The highest BCUT2D eigenvalue weighted by Crippen LogP contribution is 2.49. The summed E-state index contributed by atoms with van der Waals surface area (Å²) in [7, 11) is 0. The SMILES string of the molecule is Cc1cc(CCl)cc(C)c1OCC1(CC#N)CC1. The van der Waals surface area contributed by atoms with Gasteiger partial charge in [0.25, 0.3) is 0 Å². The van der Waals surface area contributed by atoms with E-state index in [9.17, 15) is 0 Å². The highest BCUT2D eigenvalue weighted by molar-refractivity contribution is 6.17. The van der Waals surface area contributed by atoms with Gasteiger partial charge in [-0.15, -0.1) is 11.6 Å². The summed E-state index contributed by atoms with van der Waals surface area (Å²) in [5, 5.41) is 8.80. The van der Waals surface area contributed by atoms with Crippen molar-refractivity contribution in [3.63, 3.8) is 0 Å². The normalized spacial score (nSPS) is 16.1. The molecule has 0 aliphatic heterocycles. The third-order valence-corrected chi connectivity index (χ3v) is 3.92. The molecule has 1 aliphatic carbocycles. The number of nitrogens with zero attached hydrogens (tertiary/aromatic N) is 1. The molecule has 1 aromatic rings. The molecular formula is C15H18ClNO. The Morgan fingerprint density at radius 2 is 1.94 bits per heavy atom. The van der Waals surface area contributed by atoms with Crippen molar-refractivity contribution in [1.82, 2.24) is 0 Å². The van der Waals surface area contributed by atoms with Crippen LogP contribution in [0.15, 0.2) is 12.1 Å². The van der Waals surface area contributed by atoms with Crippen LogP contribution in [-0.4, -0.2) is 6.61 Å². The molecule has 18 heavy (non-hydrogen) atoms. The molecule has 2 nitrogen and oxygen atoms in total. The summed E-state index contributed by atoms with van der Waals surface area (Å²) in [4.78, 5) is 0. The molecular weight excluding hydrogens is 246 g/mol. The van der Waals surface area contributed by atoms with Gasteiger partial charge in [-0.1, -0.05) is 12.1 Å².